The largest absolute Gasteiger partial charge is 0.420 e. The van der Waals surface area contributed by atoms with Gasteiger partial charge in [0.05, 0.1) is 11.4 Å². The van der Waals surface area contributed by atoms with Gasteiger partial charge < -0.3 is 11.1 Å². The van der Waals surface area contributed by atoms with Crippen LogP contribution in [0.25, 0.3) is 0 Å². The maximum absolute atomic E-state index is 13.2. The number of nitrogens with one attached hydrogen (secondary N) is 1. The SMILES string of the molecule is Nc1c(F)cc2c(c1C(F)(F)F)[N]C(=O)C(=O)N2. The lowest BCUT2D eigenvalue weighted by atomic mass is 10.1. The average Bonchev–Trinajstić information content (AvgIpc) is 2.21. The van der Waals surface area contributed by atoms with Crippen molar-refractivity contribution in [2.45, 2.75) is 6.18 Å². The maximum atomic E-state index is 13.2. The quantitative estimate of drug-likeness (QED) is 0.417. The van der Waals surface area contributed by atoms with Gasteiger partial charge in [-0.1, -0.05) is 0 Å². The Bertz CT molecular complexity index is 568. The molecule has 0 saturated carbocycles. The van der Waals surface area contributed by atoms with Gasteiger partial charge in [-0.25, -0.2) is 9.71 Å². The van der Waals surface area contributed by atoms with Gasteiger partial charge in [0.2, 0.25) is 0 Å². The molecule has 95 valence electrons. The van der Waals surface area contributed by atoms with Gasteiger partial charge in [0.1, 0.15) is 17.1 Å². The molecule has 1 aliphatic heterocycles. The van der Waals surface area contributed by atoms with Crippen molar-refractivity contribution in [1.82, 2.24) is 5.32 Å². The number of nitrogen functional groups attached to an aromatic ring is 1. The lowest BCUT2D eigenvalue weighted by molar-refractivity contribution is -0.139. The second kappa shape index (κ2) is 3.59. The third-order valence-electron chi connectivity index (χ3n) is 2.23. The summed E-state index contributed by atoms with van der Waals surface area (Å²) < 4.78 is 51.3. The van der Waals surface area contributed by atoms with Crippen molar-refractivity contribution in [3.63, 3.8) is 0 Å². The molecule has 1 aromatic rings. The third-order valence-corrected chi connectivity index (χ3v) is 2.23. The van der Waals surface area contributed by atoms with E-state index in [0.29, 0.717) is 6.07 Å². The van der Waals surface area contributed by atoms with E-state index in [0.717, 1.165) is 0 Å². The summed E-state index contributed by atoms with van der Waals surface area (Å²) in [6.07, 6.45) is -5.00. The minimum atomic E-state index is -5.00. The number of nitrogens with zero attached hydrogens (tertiary/aromatic N) is 1. The second-order valence-electron chi connectivity index (χ2n) is 3.41. The number of fused-ring (bicyclic) bond motifs is 1. The molecule has 0 atom stereocenters. The van der Waals surface area contributed by atoms with Crippen molar-refractivity contribution in [3.8, 4) is 0 Å². The molecule has 5 nitrogen and oxygen atoms in total. The monoisotopic (exact) mass is 262 g/mol. The van der Waals surface area contributed by atoms with Gasteiger partial charge in [0, 0.05) is 6.07 Å². The van der Waals surface area contributed by atoms with E-state index in [1.807, 2.05) is 5.32 Å². The molecular formula is C9H4F4N3O2. The van der Waals surface area contributed by atoms with Crippen molar-refractivity contribution in [2.24, 2.45) is 0 Å². The number of hydrogen-bond donors (Lipinski definition) is 2. The Hall–Kier alpha value is -2.32. The standard InChI is InChI=1S/C9H4F4N3O2/c10-2-1-3-6(16-8(18)7(17)15-3)4(5(2)14)9(11,12)13/h1H,14H2,(H,15,17). The Morgan fingerprint density at radius 2 is 1.89 bits per heavy atom. The van der Waals surface area contributed by atoms with Crippen LogP contribution in [0.1, 0.15) is 5.56 Å². The summed E-state index contributed by atoms with van der Waals surface area (Å²) in [5.41, 5.74) is 0.817. The van der Waals surface area contributed by atoms with E-state index in [2.05, 4.69) is 5.32 Å². The molecule has 0 aromatic heterocycles. The molecule has 2 amide bonds. The van der Waals surface area contributed by atoms with Crippen molar-refractivity contribution in [3.05, 3.63) is 17.4 Å². The number of alkyl halides is 3. The normalized spacial score (nSPS) is 14.9. The molecular weight excluding hydrogens is 258 g/mol. The fraction of sp³-hybridized carbons (Fsp3) is 0.111. The minimum absolute atomic E-state index is 0.543. The van der Waals surface area contributed by atoms with Crippen LogP contribution in [0.3, 0.4) is 0 Å². The number of nitrogens with two attached hydrogens (primary N) is 1. The molecule has 1 aromatic carbocycles. The Kier molecular flexibility index (Phi) is 2.42. The molecule has 3 N–H and O–H groups in total. The summed E-state index contributed by atoms with van der Waals surface area (Å²) in [6, 6.07) is 0.577. The number of anilines is 2. The zero-order valence-electron chi connectivity index (χ0n) is 8.43. The van der Waals surface area contributed by atoms with Crippen LogP contribution < -0.4 is 16.4 Å². The molecule has 0 spiro atoms. The number of carbonyl (C=O) groups is 2. The number of carbonyl (C=O) groups excluding carboxylic acids is 2. The predicted molar refractivity (Wildman–Crippen MR) is 51.2 cm³/mol. The van der Waals surface area contributed by atoms with E-state index < -0.39 is 46.4 Å². The first kappa shape index (κ1) is 12.1. The Morgan fingerprint density at radius 1 is 1.28 bits per heavy atom. The van der Waals surface area contributed by atoms with E-state index >= 15 is 0 Å². The van der Waals surface area contributed by atoms with E-state index in [9.17, 15) is 27.2 Å². The van der Waals surface area contributed by atoms with Gasteiger partial charge in [-0.3, -0.25) is 9.59 Å². The second-order valence-corrected chi connectivity index (χ2v) is 3.41. The average molecular weight is 262 g/mol. The minimum Gasteiger partial charge on any atom is -0.396 e. The summed E-state index contributed by atoms with van der Waals surface area (Å²) in [5, 5.41) is 4.79. The molecule has 0 bridgehead atoms. The maximum Gasteiger partial charge on any atom is 0.420 e. The molecule has 1 aliphatic rings. The van der Waals surface area contributed by atoms with Gasteiger partial charge in [-0.2, -0.15) is 13.2 Å². The van der Waals surface area contributed by atoms with Crippen LogP contribution >= 0.6 is 0 Å². The molecule has 1 radical (unpaired) electrons. The van der Waals surface area contributed by atoms with Crippen LogP contribution in [0.5, 0.6) is 0 Å². The fourth-order valence-corrected chi connectivity index (χ4v) is 1.48. The summed E-state index contributed by atoms with van der Waals surface area (Å²) in [4.78, 5) is 21.9. The van der Waals surface area contributed by atoms with Crippen molar-refractivity contribution < 1.29 is 27.2 Å². The van der Waals surface area contributed by atoms with E-state index in [4.69, 9.17) is 5.73 Å². The number of benzene rings is 1. The van der Waals surface area contributed by atoms with Gasteiger partial charge >= 0.3 is 18.0 Å². The zero-order chi connectivity index (χ0) is 13.7. The molecule has 1 heterocycles. The molecule has 0 unspecified atom stereocenters. The highest BCUT2D eigenvalue weighted by molar-refractivity contribution is 6.42. The number of rotatable bonds is 0. The molecule has 2 rings (SSSR count). The first-order valence-corrected chi connectivity index (χ1v) is 4.48. The first-order chi connectivity index (χ1) is 8.21. The van der Waals surface area contributed by atoms with Crippen LogP contribution in [0.15, 0.2) is 6.07 Å². The number of amides is 2. The first-order valence-electron chi connectivity index (χ1n) is 4.48. The summed E-state index contributed by atoms with van der Waals surface area (Å²) >= 11 is 0. The van der Waals surface area contributed by atoms with Crippen molar-refractivity contribution in [2.75, 3.05) is 11.1 Å². The van der Waals surface area contributed by atoms with Crippen LogP contribution in [0, 0.1) is 5.82 Å². The van der Waals surface area contributed by atoms with E-state index in [1.165, 1.54) is 0 Å². The smallest absolute Gasteiger partial charge is 0.396 e. The lowest BCUT2D eigenvalue weighted by Gasteiger charge is -2.21. The van der Waals surface area contributed by atoms with E-state index in [-0.39, 0.29) is 0 Å². The molecule has 0 saturated heterocycles. The molecule has 0 aliphatic carbocycles. The topological polar surface area (TPSA) is 86.3 Å². The highest BCUT2D eigenvalue weighted by Gasteiger charge is 2.42. The van der Waals surface area contributed by atoms with Crippen LogP contribution in [-0.2, 0) is 15.8 Å². The van der Waals surface area contributed by atoms with Crippen LogP contribution in [0.2, 0.25) is 0 Å². The highest BCUT2D eigenvalue weighted by atomic mass is 19.4. The Balaban J connectivity index is 2.74. The van der Waals surface area contributed by atoms with E-state index in [1.54, 1.807) is 0 Å². The Labute approximate surface area is 96.9 Å². The predicted octanol–water partition coefficient (Wildman–Crippen LogP) is 1.14. The van der Waals surface area contributed by atoms with Crippen molar-refractivity contribution in [1.29, 1.82) is 0 Å². The van der Waals surface area contributed by atoms with Gasteiger partial charge in [0.25, 0.3) is 0 Å². The summed E-state index contributed by atoms with van der Waals surface area (Å²) in [7, 11) is 0. The summed E-state index contributed by atoms with van der Waals surface area (Å²) in [5.74, 6) is -4.00. The van der Waals surface area contributed by atoms with Crippen molar-refractivity contribution >= 4 is 28.9 Å². The third kappa shape index (κ3) is 1.73. The molecule has 0 fully saturated rings. The Morgan fingerprint density at radius 3 is 2.44 bits per heavy atom. The zero-order valence-corrected chi connectivity index (χ0v) is 8.43. The number of hydrogen-bond acceptors (Lipinski definition) is 3. The van der Waals surface area contributed by atoms with Gasteiger partial charge in [-0.05, 0) is 0 Å². The van der Waals surface area contributed by atoms with Crippen LogP contribution in [-0.4, -0.2) is 11.8 Å². The summed E-state index contributed by atoms with van der Waals surface area (Å²) in [6.45, 7) is 0. The van der Waals surface area contributed by atoms with Crippen LogP contribution in [0.4, 0.5) is 34.6 Å². The number of halogens is 4. The van der Waals surface area contributed by atoms with Gasteiger partial charge in [-0.15, -0.1) is 0 Å². The highest BCUT2D eigenvalue weighted by Crippen LogP contribution is 2.44. The molecule has 9 heteroatoms. The van der Waals surface area contributed by atoms with Gasteiger partial charge in [0.15, 0.2) is 0 Å². The lowest BCUT2D eigenvalue weighted by Crippen LogP contribution is -2.35. The fourth-order valence-electron chi connectivity index (χ4n) is 1.48. The molecule has 18 heavy (non-hydrogen) atoms.